The van der Waals surface area contributed by atoms with E-state index in [0.717, 1.165) is 26.2 Å². The van der Waals surface area contributed by atoms with E-state index in [4.69, 9.17) is 19.4 Å². The smallest absolute Gasteiger partial charge is 0.115 e. The molecule has 3 heteroatoms. The Morgan fingerprint density at radius 3 is 2.64 bits per heavy atom. The van der Waals surface area contributed by atoms with E-state index in [9.17, 15) is 0 Å². The molecule has 0 spiro atoms. The van der Waals surface area contributed by atoms with Crippen molar-refractivity contribution in [3.8, 4) is 0 Å². The lowest BCUT2D eigenvalue weighted by molar-refractivity contribution is 1.58. The fraction of sp³-hybridized carbons (Fsp3) is 0.0909. The van der Waals surface area contributed by atoms with Crippen molar-refractivity contribution in [2.75, 3.05) is 6.26 Å². The van der Waals surface area contributed by atoms with E-state index < -0.39 is 0 Å². The van der Waals surface area contributed by atoms with Crippen LogP contribution in [-0.2, 0) is 0 Å². The first-order valence-corrected chi connectivity index (χ1v) is 5.84. The predicted molar refractivity (Wildman–Crippen MR) is 66.1 cm³/mol. The lowest BCUT2D eigenvalue weighted by atomic mass is 9.93. The maximum absolute atomic E-state index is 5.92. The number of halogens is 1. The first kappa shape index (κ1) is 9.94. The first-order valence-electron chi connectivity index (χ1n) is 4.23. The van der Waals surface area contributed by atoms with Gasteiger partial charge in [-0.3, -0.25) is 0 Å². The van der Waals surface area contributed by atoms with Crippen molar-refractivity contribution in [1.82, 2.24) is 0 Å². The highest BCUT2D eigenvalue weighted by Crippen LogP contribution is 2.22. The molecule has 0 unspecified atom stereocenters. The SMILES string of the molecule is [B]c1cc2ccc(Cl)cc2cc1SC. The highest BCUT2D eigenvalue weighted by molar-refractivity contribution is 7.98. The summed E-state index contributed by atoms with van der Waals surface area (Å²) in [5.74, 6) is 0. The van der Waals surface area contributed by atoms with Gasteiger partial charge < -0.3 is 0 Å². The van der Waals surface area contributed by atoms with Crippen molar-refractivity contribution in [3.63, 3.8) is 0 Å². The van der Waals surface area contributed by atoms with Crippen LogP contribution in [0.15, 0.2) is 35.2 Å². The van der Waals surface area contributed by atoms with Gasteiger partial charge in [0.2, 0.25) is 0 Å². The Hall–Kier alpha value is -0.595. The molecule has 0 aliphatic rings. The maximum atomic E-state index is 5.92. The molecule has 0 aromatic heterocycles. The van der Waals surface area contributed by atoms with Crippen molar-refractivity contribution in [2.45, 2.75) is 4.90 Å². The van der Waals surface area contributed by atoms with Crippen molar-refractivity contribution < 1.29 is 0 Å². The van der Waals surface area contributed by atoms with E-state index in [1.54, 1.807) is 11.8 Å². The minimum atomic E-state index is 0.759. The molecular formula is C11H8BClS. The van der Waals surface area contributed by atoms with Crippen LogP contribution in [-0.4, -0.2) is 14.1 Å². The Morgan fingerprint density at radius 1 is 1.14 bits per heavy atom. The molecule has 0 N–H and O–H groups in total. The number of rotatable bonds is 1. The van der Waals surface area contributed by atoms with Gasteiger partial charge in [0.25, 0.3) is 0 Å². The first-order chi connectivity index (χ1) is 6.70. The van der Waals surface area contributed by atoms with Crippen LogP contribution in [0.1, 0.15) is 0 Å². The van der Waals surface area contributed by atoms with Gasteiger partial charge in [-0.2, -0.15) is 0 Å². The second-order valence-electron chi connectivity index (χ2n) is 3.09. The molecule has 0 saturated carbocycles. The molecule has 0 amide bonds. The van der Waals surface area contributed by atoms with E-state index in [1.807, 2.05) is 30.5 Å². The third-order valence-electron chi connectivity index (χ3n) is 2.15. The van der Waals surface area contributed by atoms with Crippen molar-refractivity contribution in [2.24, 2.45) is 0 Å². The Bertz CT molecular complexity index is 482. The molecule has 14 heavy (non-hydrogen) atoms. The summed E-state index contributed by atoms with van der Waals surface area (Å²) < 4.78 is 0. The molecule has 2 rings (SSSR count). The lowest BCUT2D eigenvalue weighted by Gasteiger charge is -2.06. The molecule has 0 saturated heterocycles. The van der Waals surface area contributed by atoms with Gasteiger partial charge in [0.15, 0.2) is 0 Å². The average Bonchev–Trinajstić information content (AvgIpc) is 2.17. The van der Waals surface area contributed by atoms with Crippen molar-refractivity contribution >= 4 is 47.4 Å². The van der Waals surface area contributed by atoms with Gasteiger partial charge in [-0.05, 0) is 35.2 Å². The number of benzene rings is 2. The van der Waals surface area contributed by atoms with Gasteiger partial charge in [-0.15, -0.1) is 11.8 Å². The minimum Gasteiger partial charge on any atom is -0.130 e. The molecule has 68 valence electrons. The van der Waals surface area contributed by atoms with Crippen LogP contribution in [0.5, 0.6) is 0 Å². The molecule has 0 nitrogen and oxygen atoms in total. The largest absolute Gasteiger partial charge is 0.130 e. The molecule has 0 atom stereocenters. The Morgan fingerprint density at radius 2 is 1.93 bits per heavy atom. The van der Waals surface area contributed by atoms with Crippen molar-refractivity contribution in [1.29, 1.82) is 0 Å². The van der Waals surface area contributed by atoms with Crippen LogP contribution in [0.3, 0.4) is 0 Å². The number of hydrogen-bond acceptors (Lipinski definition) is 1. The number of thioether (sulfide) groups is 1. The van der Waals surface area contributed by atoms with E-state index >= 15 is 0 Å². The highest BCUT2D eigenvalue weighted by atomic mass is 35.5. The summed E-state index contributed by atoms with van der Waals surface area (Å²) in [4.78, 5) is 1.10. The van der Waals surface area contributed by atoms with Crippen LogP contribution >= 0.6 is 23.4 Å². The zero-order valence-corrected chi connectivity index (χ0v) is 9.32. The summed E-state index contributed by atoms with van der Waals surface area (Å²) in [5.41, 5.74) is 0.826. The zero-order chi connectivity index (χ0) is 10.1. The minimum absolute atomic E-state index is 0.759. The van der Waals surface area contributed by atoms with Gasteiger partial charge in [0.05, 0.1) is 0 Å². The second-order valence-corrected chi connectivity index (χ2v) is 4.37. The Balaban J connectivity index is 2.73. The molecule has 2 aromatic rings. The summed E-state index contributed by atoms with van der Waals surface area (Å²) in [7, 11) is 5.88. The molecule has 0 bridgehead atoms. The molecule has 0 aliphatic carbocycles. The van der Waals surface area contributed by atoms with Crippen LogP contribution in [0, 0.1) is 0 Å². The average molecular weight is 219 g/mol. The predicted octanol–water partition coefficient (Wildman–Crippen LogP) is 3.01. The van der Waals surface area contributed by atoms with Gasteiger partial charge in [-0.1, -0.05) is 29.2 Å². The Kier molecular flexibility index (Phi) is 2.75. The highest BCUT2D eigenvalue weighted by Gasteiger charge is 2.00. The fourth-order valence-electron chi connectivity index (χ4n) is 1.44. The van der Waals surface area contributed by atoms with E-state index in [0.29, 0.717) is 0 Å². The van der Waals surface area contributed by atoms with Gasteiger partial charge in [-0.25, -0.2) is 0 Å². The molecule has 2 radical (unpaired) electrons. The zero-order valence-electron chi connectivity index (χ0n) is 7.75. The van der Waals surface area contributed by atoms with Crippen LogP contribution in [0.2, 0.25) is 5.02 Å². The van der Waals surface area contributed by atoms with Crippen LogP contribution < -0.4 is 5.46 Å². The van der Waals surface area contributed by atoms with E-state index in [2.05, 4.69) is 6.07 Å². The molecule has 0 fully saturated rings. The summed E-state index contributed by atoms with van der Waals surface area (Å²) in [6, 6.07) is 9.87. The maximum Gasteiger partial charge on any atom is 0.115 e. The van der Waals surface area contributed by atoms with Gasteiger partial charge in [0.1, 0.15) is 7.85 Å². The van der Waals surface area contributed by atoms with E-state index in [1.165, 1.54) is 0 Å². The standard InChI is InChI=1S/C11H8BClS/c1-14-11-6-8-4-9(13)3-2-7(8)5-10(11)12/h2-6H,1H3. The third kappa shape index (κ3) is 1.77. The van der Waals surface area contributed by atoms with Gasteiger partial charge in [0, 0.05) is 9.92 Å². The topological polar surface area (TPSA) is 0 Å². The molecule has 2 aromatic carbocycles. The third-order valence-corrected chi connectivity index (χ3v) is 3.18. The summed E-state index contributed by atoms with van der Waals surface area (Å²) in [6.45, 7) is 0. The summed E-state index contributed by atoms with van der Waals surface area (Å²) in [6.07, 6.45) is 2.02. The summed E-state index contributed by atoms with van der Waals surface area (Å²) in [5, 5.41) is 3.02. The normalized spacial score (nSPS) is 10.7. The van der Waals surface area contributed by atoms with Crippen molar-refractivity contribution in [3.05, 3.63) is 35.4 Å². The Labute approximate surface area is 94.1 Å². The molecule has 0 aliphatic heterocycles. The van der Waals surface area contributed by atoms with E-state index in [-0.39, 0.29) is 0 Å². The second kappa shape index (κ2) is 3.88. The quantitative estimate of drug-likeness (QED) is 0.524. The van der Waals surface area contributed by atoms with Gasteiger partial charge >= 0.3 is 0 Å². The number of fused-ring (bicyclic) bond motifs is 1. The molecule has 0 heterocycles. The summed E-state index contributed by atoms with van der Waals surface area (Å²) >= 11 is 7.56. The van der Waals surface area contributed by atoms with Crippen LogP contribution in [0.4, 0.5) is 0 Å². The molecular weight excluding hydrogens is 210 g/mol. The number of hydrogen-bond donors (Lipinski definition) is 0. The monoisotopic (exact) mass is 218 g/mol. The fourth-order valence-corrected chi connectivity index (χ4v) is 2.16. The lowest BCUT2D eigenvalue weighted by Crippen LogP contribution is -2.04. The van der Waals surface area contributed by atoms with Crippen LogP contribution in [0.25, 0.3) is 10.8 Å².